The van der Waals surface area contributed by atoms with Crippen molar-refractivity contribution >= 4 is 57.7 Å². The van der Waals surface area contributed by atoms with E-state index in [2.05, 4.69) is 16.0 Å². The number of rotatable bonds is 13. The highest BCUT2D eigenvalue weighted by atomic mass is 32.2. The van der Waals surface area contributed by atoms with Gasteiger partial charge in [-0.1, -0.05) is 97.1 Å². The lowest BCUT2D eigenvalue weighted by Crippen LogP contribution is -2.30. The van der Waals surface area contributed by atoms with E-state index in [4.69, 9.17) is 9.72 Å². The van der Waals surface area contributed by atoms with Crippen LogP contribution in [0.1, 0.15) is 38.5 Å². The van der Waals surface area contributed by atoms with Crippen LogP contribution in [-0.2, 0) is 9.59 Å². The summed E-state index contributed by atoms with van der Waals surface area (Å²) in [5.74, 6) is -0.441. The molecule has 6 rings (SSSR count). The molecule has 260 valence electrons. The number of carbonyl (C=O) groups excluding carboxylic acids is 3. The molecule has 8 nitrogen and oxygen atoms in total. The van der Waals surface area contributed by atoms with Gasteiger partial charge >= 0.3 is 0 Å². The maximum atomic E-state index is 13.9. The largest absolute Gasteiger partial charge is 0.494 e. The summed E-state index contributed by atoms with van der Waals surface area (Å²) in [6, 6.07) is 42.6. The van der Waals surface area contributed by atoms with Crippen LogP contribution in [-0.4, -0.2) is 29.3 Å². The van der Waals surface area contributed by atoms with Crippen molar-refractivity contribution in [1.29, 1.82) is 0 Å². The molecular weight excluding hydrogens is 689 g/mol. The Bertz CT molecular complexity index is 2170. The van der Waals surface area contributed by atoms with Crippen LogP contribution in [0.3, 0.4) is 0 Å². The molecular formula is C42H36N4O4S2. The van der Waals surface area contributed by atoms with Crippen LogP contribution in [0.25, 0.3) is 17.3 Å². The number of carbonyl (C=O) groups is 3. The van der Waals surface area contributed by atoms with E-state index >= 15 is 0 Å². The fraction of sp³-hybridized carbons (Fsp3) is 0.0952. The molecule has 10 heteroatoms. The van der Waals surface area contributed by atoms with Gasteiger partial charge in [0.25, 0.3) is 11.8 Å². The molecule has 1 unspecified atom stereocenters. The second-order valence-corrected chi connectivity index (χ2v) is 13.9. The monoisotopic (exact) mass is 724 g/mol. The normalized spacial score (nSPS) is 11.7. The molecule has 3 N–H and O–H groups in total. The highest BCUT2D eigenvalue weighted by Gasteiger charge is 2.24. The van der Waals surface area contributed by atoms with E-state index in [1.165, 1.54) is 23.1 Å². The minimum Gasteiger partial charge on any atom is -0.494 e. The topological polar surface area (TPSA) is 109 Å². The van der Waals surface area contributed by atoms with E-state index in [9.17, 15) is 14.4 Å². The molecule has 0 bridgehead atoms. The lowest BCUT2D eigenvalue weighted by Gasteiger charge is -2.17. The second-order valence-electron chi connectivity index (χ2n) is 11.5. The van der Waals surface area contributed by atoms with E-state index in [1.54, 1.807) is 42.5 Å². The fourth-order valence-electron chi connectivity index (χ4n) is 5.30. The van der Waals surface area contributed by atoms with E-state index < -0.39 is 17.1 Å². The molecule has 0 fully saturated rings. The van der Waals surface area contributed by atoms with Gasteiger partial charge in [0.15, 0.2) is 5.13 Å². The first-order chi connectivity index (χ1) is 25.4. The van der Waals surface area contributed by atoms with E-state index in [1.807, 2.05) is 117 Å². The standard InChI is InChI=1S/C42H36N4O4S2/c1-3-50-34-24-22-29(23-25-34)26-36(44-39(47)32-18-11-6-12-19-32)40(48)43-33-20-13-21-35(27-33)52-38(31-16-9-5-10-17-31)41(49)46-42-45-37(28(2)51-42)30-14-7-4-8-15-30/h4-27,38H,3H2,1-2H3,(H,43,48)(H,44,47)(H,45,46,49)/b36-26+. The first-order valence-electron chi connectivity index (χ1n) is 16.6. The summed E-state index contributed by atoms with van der Waals surface area (Å²) < 4.78 is 5.55. The zero-order valence-corrected chi connectivity index (χ0v) is 30.2. The molecule has 0 aliphatic carbocycles. The van der Waals surface area contributed by atoms with Crippen LogP contribution in [0.5, 0.6) is 5.75 Å². The van der Waals surface area contributed by atoms with Gasteiger partial charge in [-0.05, 0) is 73.5 Å². The van der Waals surface area contributed by atoms with Crippen molar-refractivity contribution in [1.82, 2.24) is 10.3 Å². The number of amides is 3. The molecule has 5 aromatic carbocycles. The summed E-state index contributed by atoms with van der Waals surface area (Å²) >= 11 is 2.79. The Kier molecular flexibility index (Phi) is 11.9. The highest BCUT2D eigenvalue weighted by Crippen LogP contribution is 2.38. The van der Waals surface area contributed by atoms with Crippen molar-refractivity contribution in [2.45, 2.75) is 24.0 Å². The zero-order valence-electron chi connectivity index (χ0n) is 28.5. The smallest absolute Gasteiger partial charge is 0.272 e. The maximum absolute atomic E-state index is 13.9. The fourth-order valence-corrected chi connectivity index (χ4v) is 7.23. The number of thiazole rings is 1. The number of thioether (sulfide) groups is 1. The summed E-state index contributed by atoms with van der Waals surface area (Å²) in [7, 11) is 0. The van der Waals surface area contributed by atoms with Crippen molar-refractivity contribution in [3.05, 3.63) is 167 Å². The molecule has 3 amide bonds. The van der Waals surface area contributed by atoms with Crippen LogP contribution in [0.15, 0.2) is 150 Å². The van der Waals surface area contributed by atoms with Gasteiger partial charge in [-0.15, -0.1) is 23.1 Å². The average molecular weight is 725 g/mol. The summed E-state index contributed by atoms with van der Waals surface area (Å²) in [5, 5.41) is 8.66. The zero-order chi connectivity index (χ0) is 36.3. The SMILES string of the molecule is CCOc1ccc(/C=C(/NC(=O)c2ccccc2)C(=O)Nc2cccc(SC(C(=O)Nc3nc(-c4ccccc4)c(C)s3)c3ccccc3)c2)cc1. The van der Waals surface area contributed by atoms with Crippen molar-refractivity contribution in [2.24, 2.45) is 0 Å². The Morgan fingerprint density at radius 2 is 1.48 bits per heavy atom. The Hall–Kier alpha value is -5.97. The third-order valence-electron chi connectivity index (χ3n) is 7.79. The predicted octanol–water partition coefficient (Wildman–Crippen LogP) is 9.40. The average Bonchev–Trinajstić information content (AvgIpc) is 3.54. The van der Waals surface area contributed by atoms with Gasteiger partial charge in [0.1, 0.15) is 16.7 Å². The molecule has 0 aliphatic heterocycles. The Balaban J connectivity index is 1.22. The van der Waals surface area contributed by atoms with E-state index in [-0.39, 0.29) is 11.6 Å². The van der Waals surface area contributed by atoms with Gasteiger partial charge in [-0.25, -0.2) is 4.98 Å². The molecule has 1 aromatic heterocycles. The maximum Gasteiger partial charge on any atom is 0.272 e. The van der Waals surface area contributed by atoms with E-state index in [0.717, 1.165) is 26.6 Å². The summed E-state index contributed by atoms with van der Waals surface area (Å²) in [4.78, 5) is 47.3. The summed E-state index contributed by atoms with van der Waals surface area (Å²) in [6.45, 7) is 4.43. The molecule has 1 heterocycles. The molecule has 0 spiro atoms. The molecule has 52 heavy (non-hydrogen) atoms. The number of hydrogen-bond acceptors (Lipinski definition) is 7. The quantitative estimate of drug-likeness (QED) is 0.0809. The van der Waals surface area contributed by atoms with Gasteiger partial charge < -0.3 is 20.7 Å². The number of nitrogens with zero attached hydrogens (tertiary/aromatic N) is 1. The first-order valence-corrected chi connectivity index (χ1v) is 18.3. The van der Waals surface area contributed by atoms with Crippen LogP contribution < -0.4 is 20.7 Å². The van der Waals surface area contributed by atoms with Gasteiger partial charge in [0.2, 0.25) is 5.91 Å². The third-order valence-corrected chi connectivity index (χ3v) is 9.93. The van der Waals surface area contributed by atoms with Gasteiger partial charge in [-0.3, -0.25) is 14.4 Å². The van der Waals surface area contributed by atoms with Crippen molar-refractivity contribution in [3.63, 3.8) is 0 Å². The minimum absolute atomic E-state index is 0.0613. The number of aromatic nitrogens is 1. The van der Waals surface area contributed by atoms with E-state index in [0.29, 0.717) is 34.3 Å². The molecule has 0 aliphatic rings. The Labute approximate surface area is 311 Å². The first kappa shape index (κ1) is 35.8. The molecule has 0 radical (unpaired) electrons. The molecule has 0 saturated carbocycles. The van der Waals surface area contributed by atoms with Crippen LogP contribution in [0.2, 0.25) is 0 Å². The summed E-state index contributed by atoms with van der Waals surface area (Å²) in [5.41, 5.74) is 4.32. The Morgan fingerprint density at radius 3 is 2.17 bits per heavy atom. The van der Waals surface area contributed by atoms with Crippen molar-refractivity contribution in [2.75, 3.05) is 17.2 Å². The van der Waals surface area contributed by atoms with Crippen LogP contribution in [0, 0.1) is 6.92 Å². The third kappa shape index (κ3) is 9.42. The van der Waals surface area contributed by atoms with Crippen LogP contribution >= 0.6 is 23.1 Å². The van der Waals surface area contributed by atoms with Crippen molar-refractivity contribution < 1.29 is 19.1 Å². The van der Waals surface area contributed by atoms with Crippen LogP contribution in [0.4, 0.5) is 10.8 Å². The number of hydrogen-bond donors (Lipinski definition) is 3. The molecule has 1 atom stereocenters. The highest BCUT2D eigenvalue weighted by molar-refractivity contribution is 8.00. The van der Waals surface area contributed by atoms with Gasteiger partial charge in [0.05, 0.1) is 12.3 Å². The second kappa shape index (κ2) is 17.3. The number of nitrogens with one attached hydrogen (secondary N) is 3. The van der Waals surface area contributed by atoms with Gasteiger partial charge in [0, 0.05) is 26.6 Å². The predicted molar refractivity (Wildman–Crippen MR) is 211 cm³/mol. The van der Waals surface area contributed by atoms with Crippen molar-refractivity contribution in [3.8, 4) is 17.0 Å². The Morgan fingerprint density at radius 1 is 0.808 bits per heavy atom. The number of benzene rings is 5. The molecule has 0 saturated heterocycles. The lowest BCUT2D eigenvalue weighted by atomic mass is 10.1. The number of ether oxygens (including phenoxy) is 1. The summed E-state index contributed by atoms with van der Waals surface area (Å²) in [6.07, 6.45) is 1.61. The number of aryl methyl sites for hydroxylation is 1. The minimum atomic E-state index is -0.614. The van der Waals surface area contributed by atoms with Gasteiger partial charge in [-0.2, -0.15) is 0 Å². The molecule has 6 aromatic rings. The number of anilines is 2. The lowest BCUT2D eigenvalue weighted by molar-refractivity contribution is -0.116.